The first kappa shape index (κ1) is 16.8. The fourth-order valence-corrected chi connectivity index (χ4v) is 2.91. The predicted octanol–water partition coefficient (Wildman–Crippen LogP) is 3.43. The molecule has 6 heteroatoms. The average Bonchev–Trinajstić information content (AvgIpc) is 3.11. The minimum absolute atomic E-state index is 0.000985. The Bertz CT molecular complexity index is 1070. The highest BCUT2D eigenvalue weighted by molar-refractivity contribution is 5.80. The molecule has 2 aromatic carbocycles. The lowest BCUT2D eigenvalue weighted by Crippen LogP contribution is -2.19. The van der Waals surface area contributed by atoms with Crippen LogP contribution < -0.4 is 10.6 Å². The Hall–Kier alpha value is -3.67. The van der Waals surface area contributed by atoms with Crippen molar-refractivity contribution in [3.8, 4) is 11.1 Å². The number of amides is 1. The first-order chi connectivity index (χ1) is 13.2. The molecule has 0 bridgehead atoms. The van der Waals surface area contributed by atoms with E-state index in [0.717, 1.165) is 28.0 Å². The van der Waals surface area contributed by atoms with Crippen LogP contribution in [-0.2, 0) is 11.2 Å². The van der Waals surface area contributed by atoms with Gasteiger partial charge < -0.3 is 10.6 Å². The molecule has 0 saturated heterocycles. The number of hydrogen-bond donors (Lipinski definition) is 2. The fraction of sp³-hybridized carbons (Fsp3) is 0.0952. The molecule has 0 radical (unpaired) electrons. The van der Waals surface area contributed by atoms with Gasteiger partial charge in [0.25, 0.3) is 0 Å². The van der Waals surface area contributed by atoms with Crippen molar-refractivity contribution in [3.63, 3.8) is 0 Å². The summed E-state index contributed by atoms with van der Waals surface area (Å²) in [5.74, 6) is 0.545. The second-order valence-electron chi connectivity index (χ2n) is 6.16. The Morgan fingerprint density at radius 2 is 1.78 bits per heavy atom. The largest absolute Gasteiger partial charge is 0.359 e. The van der Waals surface area contributed by atoms with Crippen LogP contribution in [0.2, 0.25) is 0 Å². The van der Waals surface area contributed by atoms with Gasteiger partial charge in [-0.25, -0.2) is 4.52 Å². The molecule has 0 unspecified atom stereocenters. The third-order valence-electron chi connectivity index (χ3n) is 4.30. The van der Waals surface area contributed by atoms with Crippen LogP contribution in [-0.4, -0.2) is 27.6 Å². The zero-order valence-electron chi connectivity index (χ0n) is 14.9. The van der Waals surface area contributed by atoms with Crippen LogP contribution in [0.4, 0.5) is 11.6 Å². The minimum atomic E-state index is -0.000985. The minimum Gasteiger partial charge on any atom is -0.359 e. The molecule has 0 spiro atoms. The summed E-state index contributed by atoms with van der Waals surface area (Å²) in [5, 5.41) is 10.4. The molecule has 0 aliphatic carbocycles. The molecule has 0 atom stereocenters. The van der Waals surface area contributed by atoms with Crippen molar-refractivity contribution >= 4 is 23.2 Å². The number of hydrogen-bond acceptors (Lipinski definition) is 4. The number of pyridine rings is 1. The van der Waals surface area contributed by atoms with E-state index in [9.17, 15) is 4.79 Å². The van der Waals surface area contributed by atoms with Crippen molar-refractivity contribution in [2.24, 2.45) is 0 Å². The summed E-state index contributed by atoms with van der Waals surface area (Å²) >= 11 is 0. The number of rotatable bonds is 5. The average molecular weight is 357 g/mol. The van der Waals surface area contributed by atoms with E-state index >= 15 is 0 Å². The number of para-hydroxylation sites is 1. The van der Waals surface area contributed by atoms with Crippen LogP contribution in [0.1, 0.15) is 5.56 Å². The normalized spacial score (nSPS) is 10.7. The van der Waals surface area contributed by atoms with Gasteiger partial charge in [0.1, 0.15) is 0 Å². The van der Waals surface area contributed by atoms with Crippen LogP contribution in [0.3, 0.4) is 0 Å². The van der Waals surface area contributed by atoms with Crippen LogP contribution in [0.25, 0.3) is 16.8 Å². The number of fused-ring (bicyclic) bond motifs is 1. The maximum absolute atomic E-state index is 11.5. The molecule has 2 aromatic heterocycles. The Morgan fingerprint density at radius 3 is 2.52 bits per heavy atom. The summed E-state index contributed by atoms with van der Waals surface area (Å²) in [6, 6.07) is 21.7. The molecule has 0 fully saturated rings. The SMILES string of the molecule is CNC(=O)Cc1ccc(-c2cccn3nc(Nc4ccccc4)nc23)cc1. The second-order valence-corrected chi connectivity index (χ2v) is 6.16. The molecule has 0 aliphatic heterocycles. The molecule has 27 heavy (non-hydrogen) atoms. The van der Waals surface area contributed by atoms with Gasteiger partial charge in [-0.3, -0.25) is 4.79 Å². The summed E-state index contributed by atoms with van der Waals surface area (Å²) in [7, 11) is 1.64. The highest BCUT2D eigenvalue weighted by Crippen LogP contribution is 2.25. The number of anilines is 2. The molecule has 2 N–H and O–H groups in total. The standard InChI is InChI=1S/C21H19N5O/c1-22-19(27)14-15-9-11-16(12-10-15)18-8-5-13-26-20(18)24-21(25-26)23-17-6-3-2-4-7-17/h2-13H,14H2,1H3,(H,22,27)(H,23,25). The van der Waals surface area contributed by atoms with Crippen molar-refractivity contribution in [1.29, 1.82) is 0 Å². The van der Waals surface area contributed by atoms with E-state index in [1.807, 2.05) is 72.9 Å². The van der Waals surface area contributed by atoms with Crippen molar-refractivity contribution in [3.05, 3.63) is 78.5 Å². The van der Waals surface area contributed by atoms with Gasteiger partial charge in [-0.2, -0.15) is 4.98 Å². The molecular weight excluding hydrogens is 338 g/mol. The quantitative estimate of drug-likeness (QED) is 0.574. The number of carbonyl (C=O) groups excluding carboxylic acids is 1. The first-order valence-corrected chi connectivity index (χ1v) is 8.70. The second kappa shape index (κ2) is 7.29. The van der Waals surface area contributed by atoms with Gasteiger partial charge in [-0.1, -0.05) is 42.5 Å². The zero-order valence-corrected chi connectivity index (χ0v) is 14.9. The molecule has 1 amide bonds. The van der Waals surface area contributed by atoms with E-state index in [1.54, 1.807) is 11.6 Å². The van der Waals surface area contributed by atoms with Gasteiger partial charge in [-0.05, 0) is 35.4 Å². The van der Waals surface area contributed by atoms with Crippen molar-refractivity contribution in [2.45, 2.75) is 6.42 Å². The van der Waals surface area contributed by atoms with E-state index < -0.39 is 0 Å². The lowest BCUT2D eigenvalue weighted by Gasteiger charge is -2.05. The summed E-state index contributed by atoms with van der Waals surface area (Å²) in [4.78, 5) is 16.2. The van der Waals surface area contributed by atoms with E-state index in [1.165, 1.54) is 0 Å². The highest BCUT2D eigenvalue weighted by atomic mass is 16.1. The van der Waals surface area contributed by atoms with Crippen molar-refractivity contribution in [2.75, 3.05) is 12.4 Å². The molecular formula is C21H19N5O. The Kier molecular flexibility index (Phi) is 4.53. The summed E-state index contributed by atoms with van der Waals surface area (Å²) in [6.45, 7) is 0. The van der Waals surface area contributed by atoms with E-state index in [0.29, 0.717) is 12.4 Å². The molecule has 2 heterocycles. The lowest BCUT2D eigenvalue weighted by molar-refractivity contribution is -0.119. The third kappa shape index (κ3) is 3.64. The lowest BCUT2D eigenvalue weighted by atomic mass is 10.0. The zero-order chi connectivity index (χ0) is 18.6. The number of likely N-dealkylation sites (N-methyl/N-ethyl adjacent to an activating group) is 1. The first-order valence-electron chi connectivity index (χ1n) is 8.70. The van der Waals surface area contributed by atoms with Crippen LogP contribution in [0.5, 0.6) is 0 Å². The molecule has 0 aliphatic rings. The van der Waals surface area contributed by atoms with E-state index in [2.05, 4.69) is 20.7 Å². The fourth-order valence-electron chi connectivity index (χ4n) is 2.91. The van der Waals surface area contributed by atoms with Crippen molar-refractivity contribution < 1.29 is 4.79 Å². The van der Waals surface area contributed by atoms with Crippen LogP contribution >= 0.6 is 0 Å². The molecule has 4 rings (SSSR count). The van der Waals surface area contributed by atoms with Crippen molar-refractivity contribution in [1.82, 2.24) is 19.9 Å². The van der Waals surface area contributed by atoms with Gasteiger partial charge in [-0.15, -0.1) is 5.10 Å². The smallest absolute Gasteiger partial charge is 0.247 e. The van der Waals surface area contributed by atoms with Crippen LogP contribution in [0, 0.1) is 0 Å². The van der Waals surface area contributed by atoms with Crippen LogP contribution in [0.15, 0.2) is 72.9 Å². The Balaban J connectivity index is 1.65. The van der Waals surface area contributed by atoms with Gasteiger partial charge in [0.05, 0.1) is 6.42 Å². The predicted molar refractivity (Wildman–Crippen MR) is 106 cm³/mol. The molecule has 4 aromatic rings. The van der Waals surface area contributed by atoms with Gasteiger partial charge >= 0.3 is 0 Å². The maximum atomic E-state index is 11.5. The summed E-state index contributed by atoms with van der Waals surface area (Å²) < 4.78 is 1.76. The van der Waals surface area contributed by atoms with Gasteiger partial charge in [0.15, 0.2) is 5.65 Å². The summed E-state index contributed by atoms with van der Waals surface area (Å²) in [5.41, 5.74) is 4.69. The van der Waals surface area contributed by atoms with E-state index in [-0.39, 0.29) is 5.91 Å². The number of aromatic nitrogens is 3. The highest BCUT2D eigenvalue weighted by Gasteiger charge is 2.10. The van der Waals surface area contributed by atoms with E-state index in [4.69, 9.17) is 0 Å². The van der Waals surface area contributed by atoms with Gasteiger partial charge in [0.2, 0.25) is 11.9 Å². The van der Waals surface area contributed by atoms with Gasteiger partial charge in [0, 0.05) is 24.5 Å². The number of nitrogens with one attached hydrogen (secondary N) is 2. The number of nitrogens with zero attached hydrogens (tertiary/aromatic N) is 3. The Labute approximate surface area is 156 Å². The Morgan fingerprint density at radius 1 is 1.00 bits per heavy atom. The molecule has 134 valence electrons. The third-order valence-corrected chi connectivity index (χ3v) is 4.30. The maximum Gasteiger partial charge on any atom is 0.247 e. The number of benzene rings is 2. The number of carbonyl (C=O) groups is 1. The molecule has 6 nitrogen and oxygen atoms in total. The summed E-state index contributed by atoms with van der Waals surface area (Å²) in [6.07, 6.45) is 2.25. The molecule has 0 saturated carbocycles. The topological polar surface area (TPSA) is 71.3 Å². The monoisotopic (exact) mass is 357 g/mol.